The van der Waals surface area contributed by atoms with Crippen molar-refractivity contribution in [3.63, 3.8) is 0 Å². The highest BCUT2D eigenvalue weighted by Gasteiger charge is 2.33. The van der Waals surface area contributed by atoms with Crippen LogP contribution < -0.4 is 5.32 Å². The molecule has 0 spiro atoms. The van der Waals surface area contributed by atoms with Gasteiger partial charge in [-0.3, -0.25) is 4.79 Å². The fraction of sp³-hybridized carbons (Fsp3) is 0.600. The van der Waals surface area contributed by atoms with Crippen molar-refractivity contribution in [3.05, 3.63) is 29.8 Å². The topological polar surface area (TPSA) is 82.1 Å². The number of rotatable bonds is 4. The Bertz CT molecular complexity index is 658. The number of likely N-dealkylation sites (tertiary alicyclic amines) is 1. The predicted octanol–water partition coefficient (Wildman–Crippen LogP) is 2.32. The van der Waals surface area contributed by atoms with E-state index >= 15 is 0 Å². The number of ether oxygens (including phenoxy) is 1. The largest absolute Gasteiger partial charge is 0.388 e. The summed E-state index contributed by atoms with van der Waals surface area (Å²) in [6, 6.07) is 6.41. The molecule has 2 fully saturated rings. The van der Waals surface area contributed by atoms with E-state index in [9.17, 15) is 14.7 Å². The highest BCUT2D eigenvalue weighted by Crippen LogP contribution is 2.19. The zero-order valence-electron chi connectivity index (χ0n) is 15.9. The van der Waals surface area contributed by atoms with Gasteiger partial charge in [0.2, 0.25) is 0 Å². The first kappa shape index (κ1) is 19.6. The van der Waals surface area contributed by atoms with E-state index in [2.05, 4.69) is 5.32 Å². The van der Waals surface area contributed by atoms with Crippen LogP contribution in [0.4, 0.5) is 10.5 Å². The van der Waals surface area contributed by atoms with Crippen LogP contribution in [0.5, 0.6) is 0 Å². The number of aliphatic hydroxyl groups is 1. The average molecular weight is 375 g/mol. The summed E-state index contributed by atoms with van der Waals surface area (Å²) >= 11 is 0. The first-order chi connectivity index (χ1) is 13.1. The molecule has 1 aromatic carbocycles. The Morgan fingerprint density at radius 3 is 2.59 bits per heavy atom. The molecule has 2 aliphatic heterocycles. The lowest BCUT2D eigenvalue weighted by Gasteiger charge is -2.29. The smallest absolute Gasteiger partial charge is 0.322 e. The molecule has 0 aliphatic carbocycles. The number of hydrogen-bond donors (Lipinski definition) is 2. The number of hydrogen-bond acceptors (Lipinski definition) is 4. The lowest BCUT2D eigenvalue weighted by atomic mass is 10.1. The number of urea groups is 1. The normalized spacial score (nSPS) is 23.0. The van der Waals surface area contributed by atoms with E-state index in [1.165, 1.54) is 12.8 Å². The van der Waals surface area contributed by atoms with Crippen molar-refractivity contribution in [1.82, 2.24) is 9.80 Å². The van der Waals surface area contributed by atoms with Crippen LogP contribution in [-0.4, -0.2) is 71.8 Å². The zero-order valence-corrected chi connectivity index (χ0v) is 15.9. The minimum absolute atomic E-state index is 0.0139. The molecule has 2 atom stereocenters. The Balaban J connectivity index is 1.67. The molecule has 7 nitrogen and oxygen atoms in total. The monoisotopic (exact) mass is 375 g/mol. The summed E-state index contributed by atoms with van der Waals surface area (Å²) in [5.41, 5.74) is 1.16. The molecule has 7 heteroatoms. The van der Waals surface area contributed by atoms with Crippen molar-refractivity contribution >= 4 is 17.6 Å². The van der Waals surface area contributed by atoms with Crippen molar-refractivity contribution in [2.75, 3.05) is 38.2 Å². The van der Waals surface area contributed by atoms with Gasteiger partial charge in [0.15, 0.2) is 0 Å². The summed E-state index contributed by atoms with van der Waals surface area (Å²) in [6.07, 6.45) is 3.75. The molecule has 2 aliphatic rings. The third-order valence-corrected chi connectivity index (χ3v) is 5.28. The SMILES string of the molecule is CCN(C(=O)Nc1cccc(C(=O)N2CCCCCC2)c1)[C@H]1COC[C@@H]1O. The van der Waals surface area contributed by atoms with Crippen LogP contribution >= 0.6 is 0 Å². The van der Waals surface area contributed by atoms with Crippen LogP contribution in [-0.2, 0) is 4.74 Å². The second-order valence-corrected chi connectivity index (χ2v) is 7.18. The van der Waals surface area contributed by atoms with Gasteiger partial charge < -0.3 is 25.0 Å². The number of nitrogens with one attached hydrogen (secondary N) is 1. The predicted molar refractivity (Wildman–Crippen MR) is 103 cm³/mol. The van der Waals surface area contributed by atoms with Gasteiger partial charge in [0.1, 0.15) is 0 Å². The fourth-order valence-corrected chi connectivity index (χ4v) is 3.74. The molecular weight excluding hydrogens is 346 g/mol. The molecule has 0 unspecified atom stereocenters. The van der Waals surface area contributed by atoms with Crippen molar-refractivity contribution in [2.45, 2.75) is 44.8 Å². The second-order valence-electron chi connectivity index (χ2n) is 7.18. The first-order valence-corrected chi connectivity index (χ1v) is 9.83. The van der Waals surface area contributed by atoms with E-state index in [0.29, 0.717) is 24.4 Å². The van der Waals surface area contributed by atoms with Crippen LogP contribution in [0, 0.1) is 0 Å². The molecule has 0 saturated carbocycles. The van der Waals surface area contributed by atoms with Gasteiger partial charge in [0.25, 0.3) is 5.91 Å². The third kappa shape index (κ3) is 4.78. The number of likely N-dealkylation sites (N-methyl/N-ethyl adjacent to an activating group) is 1. The molecule has 1 aromatic rings. The maximum atomic E-state index is 12.8. The maximum absolute atomic E-state index is 12.8. The van der Waals surface area contributed by atoms with Gasteiger partial charge in [-0.05, 0) is 38.0 Å². The molecule has 2 heterocycles. The highest BCUT2D eigenvalue weighted by molar-refractivity contribution is 5.97. The van der Waals surface area contributed by atoms with Crippen molar-refractivity contribution < 1.29 is 19.4 Å². The van der Waals surface area contributed by atoms with E-state index in [4.69, 9.17) is 4.74 Å². The van der Waals surface area contributed by atoms with Gasteiger partial charge in [-0.1, -0.05) is 18.9 Å². The summed E-state index contributed by atoms with van der Waals surface area (Å²) in [4.78, 5) is 28.9. The van der Waals surface area contributed by atoms with E-state index in [-0.39, 0.29) is 24.6 Å². The summed E-state index contributed by atoms with van der Waals surface area (Å²) in [7, 11) is 0. The third-order valence-electron chi connectivity index (χ3n) is 5.28. The van der Waals surface area contributed by atoms with Crippen LogP contribution in [0.3, 0.4) is 0 Å². The minimum atomic E-state index is -0.674. The number of carbonyl (C=O) groups is 2. The lowest BCUT2D eigenvalue weighted by molar-refractivity contribution is 0.0761. The van der Waals surface area contributed by atoms with Crippen molar-refractivity contribution in [3.8, 4) is 0 Å². The van der Waals surface area contributed by atoms with Crippen molar-refractivity contribution in [1.29, 1.82) is 0 Å². The maximum Gasteiger partial charge on any atom is 0.322 e. The van der Waals surface area contributed by atoms with Crippen LogP contribution in [0.1, 0.15) is 43.0 Å². The van der Waals surface area contributed by atoms with E-state index in [0.717, 1.165) is 25.9 Å². The van der Waals surface area contributed by atoms with Crippen molar-refractivity contribution in [2.24, 2.45) is 0 Å². The quantitative estimate of drug-likeness (QED) is 0.846. The Hall–Kier alpha value is -2.12. The molecule has 3 rings (SSSR count). The zero-order chi connectivity index (χ0) is 19.2. The number of carbonyl (C=O) groups excluding carboxylic acids is 2. The molecule has 148 valence electrons. The number of amides is 3. The van der Waals surface area contributed by atoms with Crippen LogP contribution in [0.2, 0.25) is 0 Å². The number of benzene rings is 1. The van der Waals surface area contributed by atoms with E-state index < -0.39 is 6.10 Å². The van der Waals surface area contributed by atoms with Gasteiger partial charge in [0.05, 0.1) is 25.4 Å². The lowest BCUT2D eigenvalue weighted by Crippen LogP contribution is -2.48. The van der Waals surface area contributed by atoms with Gasteiger partial charge in [-0.25, -0.2) is 4.79 Å². The Kier molecular flexibility index (Phi) is 6.68. The van der Waals surface area contributed by atoms with E-state index in [1.54, 1.807) is 29.2 Å². The fourth-order valence-electron chi connectivity index (χ4n) is 3.74. The standard InChI is InChI=1S/C20H29N3O4/c1-2-23(17-13-27-14-18(17)24)20(26)21-16-9-7-8-15(12-16)19(25)22-10-5-3-4-6-11-22/h7-9,12,17-18,24H,2-6,10-11,13-14H2,1H3,(H,21,26)/t17-,18-/m0/s1. The summed E-state index contributed by atoms with van der Waals surface area (Å²) in [6.45, 7) is 4.48. The molecule has 3 amide bonds. The van der Waals surface area contributed by atoms with E-state index in [1.807, 2.05) is 11.8 Å². The molecular formula is C20H29N3O4. The molecule has 27 heavy (non-hydrogen) atoms. The molecule has 0 bridgehead atoms. The number of anilines is 1. The Morgan fingerprint density at radius 1 is 1.22 bits per heavy atom. The molecule has 2 N–H and O–H groups in total. The average Bonchev–Trinajstić information content (AvgIpc) is 2.93. The summed E-state index contributed by atoms with van der Waals surface area (Å²) in [5, 5.41) is 12.8. The number of aliphatic hydroxyl groups excluding tert-OH is 1. The van der Waals surface area contributed by atoms with Gasteiger partial charge in [0, 0.05) is 30.9 Å². The highest BCUT2D eigenvalue weighted by atomic mass is 16.5. The Morgan fingerprint density at radius 2 is 1.96 bits per heavy atom. The first-order valence-electron chi connectivity index (χ1n) is 9.83. The number of nitrogens with zero attached hydrogens (tertiary/aromatic N) is 2. The van der Waals surface area contributed by atoms with Crippen LogP contribution in [0.25, 0.3) is 0 Å². The van der Waals surface area contributed by atoms with Gasteiger partial charge in [-0.2, -0.15) is 0 Å². The molecule has 2 saturated heterocycles. The minimum Gasteiger partial charge on any atom is -0.388 e. The summed E-state index contributed by atoms with van der Waals surface area (Å²) < 4.78 is 5.26. The summed E-state index contributed by atoms with van der Waals surface area (Å²) in [5.74, 6) is 0.0139. The van der Waals surface area contributed by atoms with Crippen LogP contribution in [0.15, 0.2) is 24.3 Å². The van der Waals surface area contributed by atoms with Gasteiger partial charge in [-0.15, -0.1) is 0 Å². The molecule has 0 radical (unpaired) electrons. The van der Waals surface area contributed by atoms with Gasteiger partial charge >= 0.3 is 6.03 Å². The second kappa shape index (κ2) is 9.19. The molecule has 0 aromatic heterocycles. The Labute approximate surface area is 160 Å².